The van der Waals surface area contributed by atoms with Gasteiger partial charge in [0, 0.05) is 0 Å². The van der Waals surface area contributed by atoms with Gasteiger partial charge in [0.25, 0.3) is 0 Å². The van der Waals surface area contributed by atoms with Crippen molar-refractivity contribution < 1.29 is 22.0 Å². The summed E-state index contributed by atoms with van der Waals surface area (Å²) in [5, 5.41) is 3.72. The van der Waals surface area contributed by atoms with E-state index >= 15 is 0 Å². The number of thiocarbonyl (C=S) groups is 3. The van der Waals surface area contributed by atoms with E-state index in [-0.39, 0.29) is 0 Å². The first kappa shape index (κ1) is 17.8. The lowest BCUT2D eigenvalue weighted by molar-refractivity contribution is 0.384. The molecule has 0 aliphatic heterocycles. The molecule has 0 aliphatic rings. The van der Waals surface area contributed by atoms with Gasteiger partial charge in [-0.15, -0.1) is 0 Å². The van der Waals surface area contributed by atoms with Gasteiger partial charge >= 0.3 is 7.71 Å². The first-order chi connectivity index (χ1) is 9.86. The van der Waals surface area contributed by atoms with Gasteiger partial charge < -0.3 is 0 Å². The fourth-order valence-electron chi connectivity index (χ4n) is 1.24. The van der Waals surface area contributed by atoms with Gasteiger partial charge in [0.05, 0.1) is 0 Å². The zero-order chi connectivity index (χ0) is 16.2. The second-order valence-corrected chi connectivity index (χ2v) is 5.79. The first-order valence-electron chi connectivity index (χ1n) is 4.55. The Kier molecular flexibility index (Phi) is 6.01. The highest BCUT2D eigenvalue weighted by Gasteiger charge is 2.52. The number of benzene rings is 1. The molecule has 0 unspecified atom stereocenters. The summed E-state index contributed by atoms with van der Waals surface area (Å²) < 4.78 is 77.0. The van der Waals surface area contributed by atoms with Crippen molar-refractivity contribution in [1.82, 2.24) is 0 Å². The Morgan fingerprint density at radius 3 is 1.19 bits per heavy atom. The lowest BCUT2D eigenvalue weighted by Crippen LogP contribution is -2.22. The van der Waals surface area contributed by atoms with Crippen LogP contribution in [0.1, 0.15) is 0 Å². The fraction of sp³-hybridized carbons (Fsp3) is 0. The minimum Gasteiger partial charge on any atom is -0.200 e. The average Bonchev–Trinajstić information content (AvgIpc) is 2.44. The topological polar surface area (TPSA) is 37.1 Å². The Morgan fingerprint density at radius 2 is 0.905 bits per heavy atom. The average molecular weight is 372 g/mol. The molecule has 0 bridgehead atoms. The van der Waals surface area contributed by atoms with E-state index in [2.05, 4.69) is 50.9 Å². The van der Waals surface area contributed by atoms with Gasteiger partial charge in [-0.25, -0.2) is 13.2 Å². The quantitative estimate of drug-likeness (QED) is 0.200. The number of isothiocyanates is 3. The lowest BCUT2D eigenvalue weighted by atomic mass is 10.3. The van der Waals surface area contributed by atoms with Crippen molar-refractivity contribution in [3.8, 4) is 0 Å². The Labute approximate surface area is 130 Å². The van der Waals surface area contributed by atoms with Crippen molar-refractivity contribution in [2.75, 3.05) is 0 Å². The van der Waals surface area contributed by atoms with E-state index in [4.69, 9.17) is 0 Å². The van der Waals surface area contributed by atoms with Gasteiger partial charge in [-0.2, -0.15) is 8.78 Å². The van der Waals surface area contributed by atoms with E-state index < -0.39 is 42.1 Å². The molecule has 0 atom stereocenters. The number of hydrogen-bond donors (Lipinski definition) is 0. The summed E-state index contributed by atoms with van der Waals surface area (Å²) in [5.41, 5.74) is 0. The van der Waals surface area contributed by atoms with Crippen LogP contribution in [0.3, 0.4) is 0 Å². The molecular weight excluding hydrogens is 372 g/mol. The fourth-order valence-corrected chi connectivity index (χ4v) is 3.77. The Bertz CT molecular complexity index is 677. The first-order valence-corrected chi connectivity index (χ1v) is 7.42. The molecule has 108 valence electrons. The van der Waals surface area contributed by atoms with Gasteiger partial charge in [0.1, 0.15) is 15.5 Å². The third-order valence-corrected chi connectivity index (χ3v) is 4.84. The minimum absolute atomic E-state index is 1.41. The molecule has 0 fully saturated rings. The molecule has 0 heterocycles. The maximum Gasteiger partial charge on any atom is 0.435 e. The third kappa shape index (κ3) is 3.15. The van der Waals surface area contributed by atoms with Crippen molar-refractivity contribution in [3.63, 3.8) is 0 Å². The van der Waals surface area contributed by atoms with Crippen molar-refractivity contribution in [1.29, 1.82) is 0 Å². The van der Waals surface area contributed by atoms with Crippen LogP contribution in [0.5, 0.6) is 0 Å². The Hall–Kier alpha value is -1.30. The molecule has 0 aromatic heterocycles. The van der Waals surface area contributed by atoms with E-state index in [0.717, 1.165) is 0 Å². The minimum atomic E-state index is -4.16. The molecule has 3 nitrogen and oxygen atoms in total. The van der Waals surface area contributed by atoms with Crippen LogP contribution in [0.4, 0.5) is 22.0 Å². The summed E-state index contributed by atoms with van der Waals surface area (Å²) in [4.78, 5) is 0. The van der Waals surface area contributed by atoms with Gasteiger partial charge in [-0.1, -0.05) is 0 Å². The summed E-state index contributed by atoms with van der Waals surface area (Å²) in [6.45, 7) is 0. The molecule has 0 amide bonds. The van der Waals surface area contributed by atoms with Crippen LogP contribution in [-0.2, 0) is 0 Å². The van der Waals surface area contributed by atoms with Crippen LogP contribution < -0.4 is 5.30 Å². The van der Waals surface area contributed by atoms with Crippen molar-refractivity contribution in [2.45, 2.75) is 0 Å². The summed E-state index contributed by atoms with van der Waals surface area (Å²) in [5.74, 6) is -11.1. The monoisotopic (exact) mass is 372 g/mol. The summed E-state index contributed by atoms with van der Waals surface area (Å²) in [7, 11) is -4.16. The Morgan fingerprint density at radius 1 is 0.619 bits per heavy atom. The number of rotatable bonds is 4. The second kappa shape index (κ2) is 7.11. The zero-order valence-electron chi connectivity index (χ0n) is 9.40. The van der Waals surface area contributed by atoms with Gasteiger partial charge in [-0.05, 0) is 50.9 Å². The smallest absolute Gasteiger partial charge is 0.200 e. The van der Waals surface area contributed by atoms with E-state index in [1.165, 1.54) is 0 Å². The molecule has 12 heteroatoms. The summed E-state index contributed by atoms with van der Waals surface area (Å²) in [6.07, 6.45) is 0. The molecule has 0 radical (unpaired) electrons. The molecule has 0 spiro atoms. The van der Waals surface area contributed by atoms with Crippen molar-refractivity contribution in [3.05, 3.63) is 29.1 Å². The zero-order valence-corrected chi connectivity index (χ0v) is 12.7. The maximum atomic E-state index is 13.8. The SMILES string of the molecule is Fc1c(F)c(F)c([P+](N=C=S)(N=C=S)N=C=S)c(F)c1F. The summed E-state index contributed by atoms with van der Waals surface area (Å²) in [6, 6.07) is 0. The highest BCUT2D eigenvalue weighted by Crippen LogP contribution is 2.62. The molecule has 0 N–H and O–H groups in total. The van der Waals surface area contributed by atoms with Crippen LogP contribution in [0.25, 0.3) is 0 Å². The predicted octanol–water partition coefficient (Wildman–Crippen LogP) is 4.08. The van der Waals surface area contributed by atoms with Crippen LogP contribution in [0.2, 0.25) is 0 Å². The predicted molar refractivity (Wildman–Crippen MR) is 77.9 cm³/mol. The van der Waals surface area contributed by atoms with Crippen LogP contribution in [0.15, 0.2) is 14.3 Å². The van der Waals surface area contributed by atoms with E-state index in [9.17, 15) is 22.0 Å². The second-order valence-electron chi connectivity index (χ2n) is 3.06. The standard InChI is InChI=1S/C9F5N3PS3/c10-4-5(11)7(13)9(8(14)6(4)12)18(15-1-19,16-2-20)17-3-21/q+1. The number of hydrogen-bond acceptors (Lipinski definition) is 6. The van der Waals surface area contributed by atoms with Gasteiger partial charge in [0.2, 0.25) is 34.4 Å². The summed E-state index contributed by atoms with van der Waals surface area (Å²) >= 11 is 12.8. The van der Waals surface area contributed by atoms with Crippen LogP contribution >= 0.6 is 44.4 Å². The lowest BCUT2D eigenvalue weighted by Gasteiger charge is -2.09. The molecule has 1 aromatic rings. The molecular formula is C9F5N3PS3+. The van der Waals surface area contributed by atoms with Gasteiger partial charge in [-0.3, -0.25) is 0 Å². The van der Waals surface area contributed by atoms with Crippen LogP contribution in [0, 0.1) is 29.1 Å². The van der Waals surface area contributed by atoms with E-state index in [1.54, 1.807) is 15.5 Å². The molecule has 0 saturated carbocycles. The van der Waals surface area contributed by atoms with E-state index in [0.29, 0.717) is 0 Å². The van der Waals surface area contributed by atoms with Crippen molar-refractivity contribution in [2.24, 2.45) is 14.3 Å². The largest absolute Gasteiger partial charge is 0.435 e. The highest BCUT2D eigenvalue weighted by molar-refractivity contribution is 7.84. The Balaban J connectivity index is 4.05. The highest BCUT2D eigenvalue weighted by atomic mass is 32.1. The molecule has 1 rings (SSSR count). The molecule has 0 aliphatic carbocycles. The number of halogens is 5. The van der Waals surface area contributed by atoms with Crippen LogP contribution in [-0.4, -0.2) is 15.5 Å². The van der Waals surface area contributed by atoms with Gasteiger partial charge in [0.15, 0.2) is 0 Å². The molecule has 1 aromatic carbocycles. The molecule has 21 heavy (non-hydrogen) atoms. The van der Waals surface area contributed by atoms with E-state index in [1.807, 2.05) is 0 Å². The maximum absolute atomic E-state index is 13.8. The normalized spacial score (nSPS) is 12.4. The van der Waals surface area contributed by atoms with Crippen molar-refractivity contribution >= 4 is 65.2 Å². The third-order valence-electron chi connectivity index (χ3n) is 2.03. The molecule has 0 saturated heterocycles. The number of nitrogens with zero attached hydrogens (tertiary/aromatic N) is 3.